The molecule has 1 aromatic carbocycles. The van der Waals surface area contributed by atoms with Gasteiger partial charge in [0.05, 0.1) is 6.20 Å². The van der Waals surface area contributed by atoms with Crippen LogP contribution in [0.15, 0.2) is 36.5 Å². The highest BCUT2D eigenvalue weighted by molar-refractivity contribution is 6.31. The second-order valence-corrected chi connectivity index (χ2v) is 5.47. The SMILES string of the molecule is Clc1c(Oc2ccccc2)cnn1CC1CCCNC1. The number of hydrogen-bond acceptors (Lipinski definition) is 3. The highest BCUT2D eigenvalue weighted by atomic mass is 35.5. The molecule has 5 heteroatoms. The van der Waals surface area contributed by atoms with Gasteiger partial charge in [-0.2, -0.15) is 5.10 Å². The molecule has 1 atom stereocenters. The number of nitrogens with zero attached hydrogens (tertiary/aromatic N) is 2. The van der Waals surface area contributed by atoms with Gasteiger partial charge in [-0.15, -0.1) is 0 Å². The number of aromatic nitrogens is 2. The molecule has 4 nitrogen and oxygen atoms in total. The number of para-hydroxylation sites is 1. The predicted octanol–water partition coefficient (Wildman–Crippen LogP) is 3.33. The van der Waals surface area contributed by atoms with Gasteiger partial charge in [0.15, 0.2) is 10.9 Å². The highest BCUT2D eigenvalue weighted by Crippen LogP contribution is 2.29. The summed E-state index contributed by atoms with van der Waals surface area (Å²) in [6, 6.07) is 9.62. The molecule has 1 unspecified atom stereocenters. The van der Waals surface area contributed by atoms with Crippen molar-refractivity contribution in [1.82, 2.24) is 15.1 Å². The van der Waals surface area contributed by atoms with Crippen molar-refractivity contribution in [2.45, 2.75) is 19.4 Å². The van der Waals surface area contributed by atoms with Gasteiger partial charge < -0.3 is 10.1 Å². The Morgan fingerprint density at radius 3 is 2.95 bits per heavy atom. The average molecular weight is 292 g/mol. The van der Waals surface area contributed by atoms with Crippen LogP contribution in [0, 0.1) is 5.92 Å². The Labute approximate surface area is 123 Å². The molecule has 0 saturated carbocycles. The van der Waals surface area contributed by atoms with Crippen LogP contribution in [0.25, 0.3) is 0 Å². The summed E-state index contributed by atoms with van der Waals surface area (Å²) < 4.78 is 7.58. The van der Waals surface area contributed by atoms with Gasteiger partial charge in [-0.1, -0.05) is 29.8 Å². The van der Waals surface area contributed by atoms with Crippen LogP contribution in [0.5, 0.6) is 11.5 Å². The van der Waals surface area contributed by atoms with Crippen molar-refractivity contribution >= 4 is 11.6 Å². The summed E-state index contributed by atoms with van der Waals surface area (Å²) in [6.45, 7) is 2.99. The summed E-state index contributed by atoms with van der Waals surface area (Å²) in [4.78, 5) is 0. The van der Waals surface area contributed by atoms with E-state index in [0.717, 1.165) is 25.4 Å². The molecule has 1 aliphatic rings. The lowest BCUT2D eigenvalue weighted by Crippen LogP contribution is -2.32. The second-order valence-electron chi connectivity index (χ2n) is 5.11. The van der Waals surface area contributed by atoms with Crippen LogP contribution in [0.4, 0.5) is 0 Å². The van der Waals surface area contributed by atoms with Crippen molar-refractivity contribution in [3.8, 4) is 11.5 Å². The minimum atomic E-state index is 0.569. The summed E-state index contributed by atoms with van der Waals surface area (Å²) in [5, 5.41) is 8.31. The molecular formula is C15H18ClN3O. The fourth-order valence-electron chi connectivity index (χ4n) is 2.49. The molecule has 0 spiro atoms. The highest BCUT2D eigenvalue weighted by Gasteiger charge is 2.17. The van der Waals surface area contributed by atoms with Crippen LogP contribution < -0.4 is 10.1 Å². The van der Waals surface area contributed by atoms with Crippen LogP contribution >= 0.6 is 11.6 Å². The molecule has 0 amide bonds. The molecule has 2 heterocycles. The molecule has 1 aliphatic heterocycles. The third-order valence-electron chi connectivity index (χ3n) is 3.55. The number of rotatable bonds is 4. The van der Waals surface area contributed by atoms with Gasteiger partial charge in [-0.25, -0.2) is 0 Å². The first kappa shape index (κ1) is 13.5. The minimum absolute atomic E-state index is 0.569. The van der Waals surface area contributed by atoms with Gasteiger partial charge in [0.25, 0.3) is 0 Å². The Morgan fingerprint density at radius 1 is 1.35 bits per heavy atom. The Morgan fingerprint density at radius 2 is 2.20 bits per heavy atom. The first-order chi connectivity index (χ1) is 9.83. The Bertz CT molecular complexity index is 550. The van der Waals surface area contributed by atoms with E-state index >= 15 is 0 Å². The molecule has 2 aromatic rings. The molecule has 20 heavy (non-hydrogen) atoms. The topological polar surface area (TPSA) is 39.1 Å². The summed E-state index contributed by atoms with van der Waals surface area (Å²) in [7, 11) is 0. The minimum Gasteiger partial charge on any atom is -0.452 e. The van der Waals surface area contributed by atoms with Crippen molar-refractivity contribution in [3.63, 3.8) is 0 Å². The molecule has 3 rings (SSSR count). The van der Waals surface area contributed by atoms with Crippen molar-refractivity contribution in [2.24, 2.45) is 5.92 Å². The molecule has 106 valence electrons. The van der Waals surface area contributed by atoms with Gasteiger partial charge in [-0.3, -0.25) is 4.68 Å². The lowest BCUT2D eigenvalue weighted by Gasteiger charge is -2.22. The van der Waals surface area contributed by atoms with E-state index in [4.69, 9.17) is 16.3 Å². The van der Waals surface area contributed by atoms with Crippen molar-refractivity contribution in [2.75, 3.05) is 13.1 Å². The standard InChI is InChI=1S/C15H18ClN3O/c16-15-14(20-13-6-2-1-3-7-13)10-18-19(15)11-12-5-4-8-17-9-12/h1-3,6-7,10,12,17H,4-5,8-9,11H2. The van der Waals surface area contributed by atoms with Gasteiger partial charge in [-0.05, 0) is 44.0 Å². The van der Waals surface area contributed by atoms with Crippen LogP contribution in [-0.4, -0.2) is 22.9 Å². The zero-order chi connectivity index (χ0) is 13.8. The Balaban J connectivity index is 1.68. The molecule has 1 saturated heterocycles. The maximum Gasteiger partial charge on any atom is 0.184 e. The monoisotopic (exact) mass is 291 g/mol. The van der Waals surface area contributed by atoms with E-state index < -0.39 is 0 Å². The normalized spacial score (nSPS) is 18.9. The third-order valence-corrected chi connectivity index (χ3v) is 3.93. The van der Waals surface area contributed by atoms with E-state index in [0.29, 0.717) is 16.8 Å². The first-order valence-electron chi connectivity index (χ1n) is 6.98. The Kier molecular flexibility index (Phi) is 4.23. The first-order valence-corrected chi connectivity index (χ1v) is 7.35. The van der Waals surface area contributed by atoms with Gasteiger partial charge in [0.1, 0.15) is 5.75 Å². The number of ether oxygens (including phenoxy) is 1. The van der Waals surface area contributed by atoms with Gasteiger partial charge in [0, 0.05) is 6.54 Å². The van der Waals surface area contributed by atoms with Crippen LogP contribution in [0.1, 0.15) is 12.8 Å². The second kappa shape index (κ2) is 6.29. The van der Waals surface area contributed by atoms with Gasteiger partial charge in [0.2, 0.25) is 0 Å². The number of nitrogens with one attached hydrogen (secondary N) is 1. The largest absolute Gasteiger partial charge is 0.452 e. The predicted molar refractivity (Wildman–Crippen MR) is 79.3 cm³/mol. The lowest BCUT2D eigenvalue weighted by atomic mass is 10.00. The van der Waals surface area contributed by atoms with Crippen LogP contribution in [0.2, 0.25) is 5.15 Å². The molecule has 1 N–H and O–H groups in total. The quantitative estimate of drug-likeness (QED) is 0.939. The number of halogens is 1. The lowest BCUT2D eigenvalue weighted by molar-refractivity contribution is 0.325. The number of piperidine rings is 1. The summed E-state index contributed by atoms with van der Waals surface area (Å²) >= 11 is 6.35. The average Bonchev–Trinajstić information content (AvgIpc) is 2.83. The molecule has 0 radical (unpaired) electrons. The molecule has 1 aromatic heterocycles. The summed E-state index contributed by atoms with van der Waals surface area (Å²) in [5.41, 5.74) is 0. The van der Waals surface area contributed by atoms with Crippen molar-refractivity contribution in [1.29, 1.82) is 0 Å². The fourth-order valence-corrected chi connectivity index (χ4v) is 2.69. The van der Waals surface area contributed by atoms with E-state index in [1.54, 1.807) is 6.20 Å². The van der Waals surface area contributed by atoms with E-state index in [9.17, 15) is 0 Å². The molecule has 0 aliphatic carbocycles. The molecular weight excluding hydrogens is 274 g/mol. The summed E-state index contributed by atoms with van der Waals surface area (Å²) in [6.07, 6.45) is 4.13. The van der Waals surface area contributed by atoms with Crippen molar-refractivity contribution in [3.05, 3.63) is 41.7 Å². The third kappa shape index (κ3) is 3.14. The zero-order valence-electron chi connectivity index (χ0n) is 11.3. The van der Waals surface area contributed by atoms with E-state index in [2.05, 4.69) is 10.4 Å². The zero-order valence-corrected chi connectivity index (χ0v) is 12.0. The van der Waals surface area contributed by atoms with E-state index in [-0.39, 0.29) is 0 Å². The van der Waals surface area contributed by atoms with E-state index in [1.165, 1.54) is 12.8 Å². The maximum atomic E-state index is 6.35. The summed E-state index contributed by atoms with van der Waals surface area (Å²) in [5.74, 6) is 1.97. The number of benzene rings is 1. The van der Waals surface area contributed by atoms with E-state index in [1.807, 2.05) is 35.0 Å². The maximum absolute atomic E-state index is 6.35. The van der Waals surface area contributed by atoms with Gasteiger partial charge >= 0.3 is 0 Å². The smallest absolute Gasteiger partial charge is 0.184 e. The fraction of sp³-hybridized carbons (Fsp3) is 0.400. The Hall–Kier alpha value is -1.52. The number of hydrogen-bond donors (Lipinski definition) is 1. The van der Waals surface area contributed by atoms with Crippen LogP contribution in [0.3, 0.4) is 0 Å². The van der Waals surface area contributed by atoms with Crippen LogP contribution in [-0.2, 0) is 6.54 Å². The molecule has 1 fully saturated rings. The van der Waals surface area contributed by atoms with Crippen molar-refractivity contribution < 1.29 is 4.74 Å². The molecule has 0 bridgehead atoms.